The van der Waals surface area contributed by atoms with Gasteiger partial charge in [-0.1, -0.05) is 16.9 Å². The summed E-state index contributed by atoms with van der Waals surface area (Å²) >= 11 is 4.56. The van der Waals surface area contributed by atoms with Crippen molar-refractivity contribution in [1.82, 2.24) is 19.7 Å². The minimum Gasteiger partial charge on any atom is -0.338 e. The summed E-state index contributed by atoms with van der Waals surface area (Å²) < 4.78 is 6.89. The van der Waals surface area contributed by atoms with E-state index in [0.717, 1.165) is 20.8 Å². The highest BCUT2D eigenvalue weighted by molar-refractivity contribution is 7.98. The van der Waals surface area contributed by atoms with Crippen molar-refractivity contribution < 1.29 is 4.52 Å². The molecule has 4 heterocycles. The van der Waals surface area contributed by atoms with Gasteiger partial charge in [-0.3, -0.25) is 9.36 Å². The summed E-state index contributed by atoms with van der Waals surface area (Å²) in [5.41, 5.74) is 1.95. The first kappa shape index (κ1) is 16.5. The summed E-state index contributed by atoms with van der Waals surface area (Å²) in [5, 5.41) is 9.30. The number of aryl methyl sites for hydroxylation is 2. The standard InChI is InChI=1S/C16H14N4O2S3/c1-8-9(2)25-14-12(8)15(21)20(3)16(18-14)24-7-11-17-13(19-22-11)10-4-5-23-6-10/h4-6H,7H2,1-3H3. The lowest BCUT2D eigenvalue weighted by Crippen LogP contribution is -2.19. The minimum absolute atomic E-state index is 0.0150. The third-order valence-electron chi connectivity index (χ3n) is 3.94. The first-order valence-electron chi connectivity index (χ1n) is 7.49. The van der Waals surface area contributed by atoms with Gasteiger partial charge in [-0.2, -0.15) is 16.3 Å². The lowest BCUT2D eigenvalue weighted by Gasteiger charge is -2.05. The molecular weight excluding hydrogens is 376 g/mol. The van der Waals surface area contributed by atoms with Crippen molar-refractivity contribution in [2.24, 2.45) is 7.05 Å². The Morgan fingerprint density at radius 3 is 2.92 bits per heavy atom. The molecule has 0 unspecified atom stereocenters. The number of thiophene rings is 2. The maximum atomic E-state index is 12.6. The van der Waals surface area contributed by atoms with E-state index in [-0.39, 0.29) is 5.56 Å². The van der Waals surface area contributed by atoms with Crippen LogP contribution in [0.15, 0.2) is 31.3 Å². The molecule has 128 valence electrons. The number of hydrogen-bond acceptors (Lipinski definition) is 8. The van der Waals surface area contributed by atoms with Gasteiger partial charge >= 0.3 is 0 Å². The molecule has 0 aliphatic carbocycles. The minimum atomic E-state index is -0.0150. The quantitative estimate of drug-likeness (QED) is 0.387. The second-order valence-corrected chi connectivity index (χ2v) is 8.46. The van der Waals surface area contributed by atoms with E-state index in [2.05, 4.69) is 15.1 Å². The van der Waals surface area contributed by atoms with E-state index in [1.54, 1.807) is 34.3 Å². The van der Waals surface area contributed by atoms with Gasteiger partial charge in [0.25, 0.3) is 5.56 Å². The second kappa shape index (κ2) is 6.40. The number of thioether (sulfide) groups is 1. The van der Waals surface area contributed by atoms with Crippen molar-refractivity contribution in [3.8, 4) is 11.4 Å². The van der Waals surface area contributed by atoms with Gasteiger partial charge in [-0.25, -0.2) is 4.98 Å². The molecule has 4 rings (SSSR count). The molecule has 6 nitrogen and oxygen atoms in total. The molecule has 0 atom stereocenters. The largest absolute Gasteiger partial charge is 0.338 e. The molecule has 0 fully saturated rings. The van der Waals surface area contributed by atoms with Crippen LogP contribution in [0, 0.1) is 13.8 Å². The zero-order chi connectivity index (χ0) is 17.6. The van der Waals surface area contributed by atoms with Gasteiger partial charge in [0.1, 0.15) is 4.83 Å². The van der Waals surface area contributed by atoms with Gasteiger partial charge in [0.05, 0.1) is 11.1 Å². The van der Waals surface area contributed by atoms with E-state index in [1.807, 2.05) is 30.7 Å². The van der Waals surface area contributed by atoms with E-state index in [9.17, 15) is 4.79 Å². The molecule has 0 aliphatic heterocycles. The Morgan fingerprint density at radius 1 is 1.32 bits per heavy atom. The summed E-state index contributed by atoms with van der Waals surface area (Å²) in [6.45, 7) is 3.98. The Kier molecular flexibility index (Phi) is 4.22. The zero-order valence-electron chi connectivity index (χ0n) is 13.8. The third kappa shape index (κ3) is 2.92. The highest BCUT2D eigenvalue weighted by Crippen LogP contribution is 2.29. The molecule has 0 amide bonds. The lowest BCUT2D eigenvalue weighted by atomic mass is 10.2. The van der Waals surface area contributed by atoms with Gasteiger partial charge in [0.15, 0.2) is 5.16 Å². The number of fused-ring (bicyclic) bond motifs is 1. The fourth-order valence-electron chi connectivity index (χ4n) is 2.43. The van der Waals surface area contributed by atoms with E-state index < -0.39 is 0 Å². The Labute approximate surface area is 155 Å². The Balaban J connectivity index is 1.61. The molecule has 0 saturated heterocycles. The number of rotatable bonds is 4. The molecule has 0 saturated carbocycles. The molecule has 0 radical (unpaired) electrons. The molecular formula is C16H14N4O2S3. The van der Waals surface area contributed by atoms with Crippen LogP contribution in [0.25, 0.3) is 21.6 Å². The van der Waals surface area contributed by atoms with Crippen molar-refractivity contribution in [3.63, 3.8) is 0 Å². The van der Waals surface area contributed by atoms with Crippen molar-refractivity contribution in [2.45, 2.75) is 24.8 Å². The molecule has 9 heteroatoms. The number of aromatic nitrogens is 4. The molecule has 4 aromatic rings. The smallest absolute Gasteiger partial charge is 0.262 e. The van der Waals surface area contributed by atoms with Crippen LogP contribution in [0.1, 0.15) is 16.3 Å². The van der Waals surface area contributed by atoms with E-state index in [0.29, 0.717) is 28.0 Å². The molecule has 0 aromatic carbocycles. The Morgan fingerprint density at radius 2 is 2.16 bits per heavy atom. The number of nitrogens with zero attached hydrogens (tertiary/aromatic N) is 4. The molecule has 0 aliphatic rings. The monoisotopic (exact) mass is 390 g/mol. The van der Waals surface area contributed by atoms with Crippen LogP contribution < -0.4 is 5.56 Å². The predicted octanol–water partition coefficient (Wildman–Crippen LogP) is 4.02. The van der Waals surface area contributed by atoms with E-state index in [1.165, 1.54) is 11.8 Å². The molecule has 0 bridgehead atoms. The van der Waals surface area contributed by atoms with Gasteiger partial charge < -0.3 is 4.52 Å². The van der Waals surface area contributed by atoms with Gasteiger partial charge in [-0.15, -0.1) is 11.3 Å². The topological polar surface area (TPSA) is 73.8 Å². The second-order valence-electron chi connectivity index (χ2n) is 5.53. The van der Waals surface area contributed by atoms with Gasteiger partial charge in [0, 0.05) is 22.9 Å². The fourth-order valence-corrected chi connectivity index (χ4v) is 4.95. The summed E-state index contributed by atoms with van der Waals surface area (Å²) in [6.07, 6.45) is 0. The third-order valence-corrected chi connectivity index (χ3v) is 6.74. The van der Waals surface area contributed by atoms with Crippen molar-refractivity contribution >= 4 is 44.7 Å². The molecule has 25 heavy (non-hydrogen) atoms. The maximum absolute atomic E-state index is 12.6. The van der Waals surface area contributed by atoms with Crippen LogP contribution in [0.5, 0.6) is 0 Å². The molecule has 0 N–H and O–H groups in total. The van der Waals surface area contributed by atoms with Gasteiger partial charge in [-0.05, 0) is 30.9 Å². The average molecular weight is 391 g/mol. The lowest BCUT2D eigenvalue weighted by molar-refractivity contribution is 0.391. The summed E-state index contributed by atoms with van der Waals surface area (Å²) in [5.74, 6) is 1.56. The van der Waals surface area contributed by atoms with Crippen LogP contribution in [0.2, 0.25) is 0 Å². The highest BCUT2D eigenvalue weighted by Gasteiger charge is 2.16. The first-order chi connectivity index (χ1) is 12.0. The highest BCUT2D eigenvalue weighted by atomic mass is 32.2. The SMILES string of the molecule is Cc1sc2nc(SCc3nc(-c4ccsc4)no3)n(C)c(=O)c2c1C. The van der Waals surface area contributed by atoms with Crippen molar-refractivity contribution in [3.05, 3.63) is 43.5 Å². The Hall–Kier alpha value is -1.97. The van der Waals surface area contributed by atoms with Crippen LogP contribution in [0.3, 0.4) is 0 Å². The van der Waals surface area contributed by atoms with Crippen LogP contribution in [0.4, 0.5) is 0 Å². The molecule has 0 spiro atoms. The Bertz CT molecular complexity index is 1110. The van der Waals surface area contributed by atoms with E-state index in [4.69, 9.17) is 4.52 Å². The average Bonchev–Trinajstić information content (AvgIpc) is 3.31. The number of hydrogen-bond donors (Lipinski definition) is 0. The summed E-state index contributed by atoms with van der Waals surface area (Å²) in [6, 6.07) is 1.95. The van der Waals surface area contributed by atoms with Crippen molar-refractivity contribution in [2.75, 3.05) is 0 Å². The van der Waals surface area contributed by atoms with Gasteiger partial charge in [0.2, 0.25) is 11.7 Å². The van der Waals surface area contributed by atoms with Crippen LogP contribution >= 0.6 is 34.4 Å². The predicted molar refractivity (Wildman–Crippen MR) is 102 cm³/mol. The van der Waals surface area contributed by atoms with Crippen LogP contribution in [-0.4, -0.2) is 19.7 Å². The molecule has 4 aromatic heterocycles. The fraction of sp³-hybridized carbons (Fsp3) is 0.250. The maximum Gasteiger partial charge on any atom is 0.262 e. The summed E-state index contributed by atoms with van der Waals surface area (Å²) in [7, 11) is 1.74. The zero-order valence-corrected chi connectivity index (χ0v) is 16.2. The normalized spacial score (nSPS) is 11.5. The summed E-state index contributed by atoms with van der Waals surface area (Å²) in [4.78, 5) is 23.6. The van der Waals surface area contributed by atoms with Crippen molar-refractivity contribution in [1.29, 1.82) is 0 Å². The first-order valence-corrected chi connectivity index (χ1v) is 10.2. The van der Waals surface area contributed by atoms with E-state index >= 15 is 0 Å². The van der Waals surface area contributed by atoms with Crippen LogP contribution in [-0.2, 0) is 12.8 Å².